The molecule has 0 aliphatic carbocycles. The molecule has 3 aromatic rings. The van der Waals surface area contributed by atoms with Gasteiger partial charge in [0.15, 0.2) is 0 Å². The summed E-state index contributed by atoms with van der Waals surface area (Å²) in [5, 5.41) is 2.82. The molecule has 0 fully saturated rings. The van der Waals surface area contributed by atoms with Crippen LogP contribution in [0.2, 0.25) is 0 Å². The van der Waals surface area contributed by atoms with Gasteiger partial charge in [-0.1, -0.05) is 37.3 Å². The van der Waals surface area contributed by atoms with Crippen LogP contribution in [-0.4, -0.2) is 14.3 Å². The highest BCUT2D eigenvalue weighted by atomic mass is 32.2. The van der Waals surface area contributed by atoms with Crippen LogP contribution < -0.4 is 10.0 Å². The summed E-state index contributed by atoms with van der Waals surface area (Å²) in [6.07, 6.45) is 2.01. The second-order valence-corrected chi connectivity index (χ2v) is 9.33. The largest absolute Gasteiger partial charge is 0.326 e. The van der Waals surface area contributed by atoms with Crippen molar-refractivity contribution in [3.8, 4) is 0 Å². The zero-order valence-corrected chi connectivity index (χ0v) is 18.9. The summed E-state index contributed by atoms with van der Waals surface area (Å²) in [6, 6.07) is 19.9. The molecule has 6 heteroatoms. The molecule has 0 bridgehead atoms. The Hall–Kier alpha value is -3.12. The number of nitrogens with one attached hydrogen (secondary N) is 2. The Morgan fingerprint density at radius 2 is 1.42 bits per heavy atom. The number of benzene rings is 3. The quantitative estimate of drug-likeness (QED) is 0.507. The number of carbonyl (C=O) groups excluding carboxylic acids is 1. The van der Waals surface area contributed by atoms with Gasteiger partial charge in [0.1, 0.15) is 0 Å². The first-order chi connectivity index (χ1) is 14.8. The van der Waals surface area contributed by atoms with E-state index in [1.54, 1.807) is 24.3 Å². The molecule has 5 nitrogen and oxygen atoms in total. The van der Waals surface area contributed by atoms with Crippen LogP contribution in [0.4, 0.5) is 11.4 Å². The van der Waals surface area contributed by atoms with Gasteiger partial charge in [-0.3, -0.25) is 9.52 Å². The third kappa shape index (κ3) is 6.18. The Morgan fingerprint density at radius 1 is 0.806 bits per heavy atom. The van der Waals surface area contributed by atoms with Crippen molar-refractivity contribution in [1.82, 2.24) is 0 Å². The zero-order chi connectivity index (χ0) is 22.4. The van der Waals surface area contributed by atoms with E-state index in [0.717, 1.165) is 23.1 Å². The van der Waals surface area contributed by atoms with Crippen LogP contribution in [0.15, 0.2) is 71.6 Å². The SMILES string of the molecule is CCc1ccc(CCC(=O)Nc2ccc(S(=O)(=O)Nc3ccc(C)c(C)c3)cc2)cc1. The monoisotopic (exact) mass is 436 g/mol. The van der Waals surface area contributed by atoms with E-state index in [0.29, 0.717) is 24.2 Å². The summed E-state index contributed by atoms with van der Waals surface area (Å²) in [5.74, 6) is -0.108. The Bertz CT molecular complexity index is 1150. The van der Waals surface area contributed by atoms with Crippen LogP contribution in [0.1, 0.15) is 35.6 Å². The summed E-state index contributed by atoms with van der Waals surface area (Å²) in [6.45, 7) is 6.02. The Kier molecular flexibility index (Phi) is 7.13. The molecule has 3 aromatic carbocycles. The van der Waals surface area contributed by atoms with Crippen molar-refractivity contribution in [2.45, 2.75) is 44.9 Å². The van der Waals surface area contributed by atoms with Gasteiger partial charge in [0.2, 0.25) is 5.91 Å². The van der Waals surface area contributed by atoms with Crippen molar-refractivity contribution in [1.29, 1.82) is 0 Å². The lowest BCUT2D eigenvalue weighted by atomic mass is 10.1. The van der Waals surface area contributed by atoms with Crippen molar-refractivity contribution < 1.29 is 13.2 Å². The minimum atomic E-state index is -3.70. The molecule has 31 heavy (non-hydrogen) atoms. The van der Waals surface area contributed by atoms with Crippen molar-refractivity contribution in [3.05, 3.63) is 89.0 Å². The Morgan fingerprint density at radius 3 is 2.03 bits per heavy atom. The lowest BCUT2D eigenvalue weighted by molar-refractivity contribution is -0.116. The molecular formula is C25H28N2O3S. The summed E-state index contributed by atoms with van der Waals surface area (Å²) >= 11 is 0. The topological polar surface area (TPSA) is 75.3 Å². The highest BCUT2D eigenvalue weighted by molar-refractivity contribution is 7.92. The zero-order valence-electron chi connectivity index (χ0n) is 18.1. The van der Waals surface area contributed by atoms with E-state index in [1.807, 2.05) is 32.0 Å². The van der Waals surface area contributed by atoms with Gasteiger partial charge < -0.3 is 5.32 Å². The second-order valence-electron chi connectivity index (χ2n) is 7.65. The normalized spacial score (nSPS) is 11.2. The molecule has 0 radical (unpaired) electrons. The molecule has 0 aromatic heterocycles. The molecule has 2 N–H and O–H groups in total. The number of hydrogen-bond acceptors (Lipinski definition) is 3. The smallest absolute Gasteiger partial charge is 0.261 e. The minimum Gasteiger partial charge on any atom is -0.326 e. The fourth-order valence-electron chi connectivity index (χ4n) is 3.16. The summed E-state index contributed by atoms with van der Waals surface area (Å²) < 4.78 is 27.9. The molecule has 0 heterocycles. The Balaban J connectivity index is 1.58. The maximum Gasteiger partial charge on any atom is 0.261 e. The van der Waals surface area contributed by atoms with E-state index in [-0.39, 0.29) is 10.8 Å². The number of rotatable bonds is 8. The molecule has 0 saturated carbocycles. The van der Waals surface area contributed by atoms with Gasteiger partial charge in [0.25, 0.3) is 10.0 Å². The Labute approximate surface area is 184 Å². The van der Waals surface area contributed by atoms with Crippen LogP contribution in [0.3, 0.4) is 0 Å². The average molecular weight is 437 g/mol. The van der Waals surface area contributed by atoms with Crippen molar-refractivity contribution in [2.75, 3.05) is 10.0 Å². The van der Waals surface area contributed by atoms with Gasteiger partial charge in [0.05, 0.1) is 4.90 Å². The van der Waals surface area contributed by atoms with Crippen LogP contribution in [0.5, 0.6) is 0 Å². The predicted octanol–water partition coefficient (Wildman–Crippen LogP) is 5.24. The lowest BCUT2D eigenvalue weighted by Crippen LogP contribution is -2.14. The van der Waals surface area contributed by atoms with Crippen LogP contribution in [0, 0.1) is 13.8 Å². The van der Waals surface area contributed by atoms with Crippen molar-refractivity contribution in [3.63, 3.8) is 0 Å². The lowest BCUT2D eigenvalue weighted by Gasteiger charge is -2.11. The van der Waals surface area contributed by atoms with E-state index < -0.39 is 10.0 Å². The van der Waals surface area contributed by atoms with E-state index in [9.17, 15) is 13.2 Å². The third-order valence-electron chi connectivity index (χ3n) is 5.28. The number of anilines is 2. The fourth-order valence-corrected chi connectivity index (χ4v) is 4.21. The standard InChI is InChI=1S/C25H28N2O3S/c1-4-20-6-8-21(9-7-20)10-16-25(28)26-22-12-14-24(15-13-22)31(29,30)27-23-11-5-18(2)19(3)17-23/h5-9,11-15,17,27H,4,10,16H2,1-3H3,(H,26,28). The van der Waals surface area contributed by atoms with Gasteiger partial charge in [0, 0.05) is 17.8 Å². The molecular weight excluding hydrogens is 408 g/mol. The van der Waals surface area contributed by atoms with E-state index in [2.05, 4.69) is 29.1 Å². The fraction of sp³-hybridized carbons (Fsp3) is 0.240. The summed E-state index contributed by atoms with van der Waals surface area (Å²) in [7, 11) is -3.70. The minimum absolute atomic E-state index is 0.108. The van der Waals surface area contributed by atoms with Gasteiger partial charge in [-0.25, -0.2) is 8.42 Å². The average Bonchev–Trinajstić information content (AvgIpc) is 2.75. The number of aryl methyl sites for hydroxylation is 4. The van der Waals surface area contributed by atoms with Gasteiger partial charge in [-0.15, -0.1) is 0 Å². The molecule has 162 valence electrons. The maximum absolute atomic E-state index is 12.6. The predicted molar refractivity (Wildman–Crippen MR) is 126 cm³/mol. The second kappa shape index (κ2) is 9.79. The van der Waals surface area contributed by atoms with Crippen LogP contribution in [0.25, 0.3) is 0 Å². The number of amides is 1. The van der Waals surface area contributed by atoms with E-state index in [4.69, 9.17) is 0 Å². The molecule has 3 rings (SSSR count). The highest BCUT2D eigenvalue weighted by Gasteiger charge is 2.15. The summed E-state index contributed by atoms with van der Waals surface area (Å²) in [5.41, 5.74) is 5.59. The number of sulfonamides is 1. The van der Waals surface area contributed by atoms with Gasteiger partial charge >= 0.3 is 0 Å². The maximum atomic E-state index is 12.6. The first-order valence-electron chi connectivity index (χ1n) is 10.3. The number of hydrogen-bond donors (Lipinski definition) is 2. The molecule has 0 atom stereocenters. The summed E-state index contributed by atoms with van der Waals surface area (Å²) in [4.78, 5) is 12.4. The first-order valence-corrected chi connectivity index (χ1v) is 11.8. The van der Waals surface area contributed by atoms with E-state index in [1.165, 1.54) is 17.7 Å². The van der Waals surface area contributed by atoms with Gasteiger partial charge in [-0.05, 0) is 85.3 Å². The van der Waals surface area contributed by atoms with Crippen molar-refractivity contribution in [2.24, 2.45) is 0 Å². The van der Waals surface area contributed by atoms with Crippen LogP contribution in [-0.2, 0) is 27.7 Å². The van der Waals surface area contributed by atoms with Gasteiger partial charge in [-0.2, -0.15) is 0 Å². The highest BCUT2D eigenvalue weighted by Crippen LogP contribution is 2.20. The molecule has 0 spiro atoms. The molecule has 0 aliphatic heterocycles. The van der Waals surface area contributed by atoms with Crippen LogP contribution >= 0.6 is 0 Å². The molecule has 0 unspecified atom stereocenters. The number of carbonyl (C=O) groups is 1. The first kappa shape index (κ1) is 22.6. The third-order valence-corrected chi connectivity index (χ3v) is 6.68. The van der Waals surface area contributed by atoms with E-state index >= 15 is 0 Å². The van der Waals surface area contributed by atoms with Crippen molar-refractivity contribution >= 4 is 27.3 Å². The molecule has 0 aliphatic rings. The molecule has 0 saturated heterocycles. The molecule has 1 amide bonds.